The normalized spacial score (nSPS) is 16.6. The van der Waals surface area contributed by atoms with Gasteiger partial charge >= 0.3 is 0 Å². The fourth-order valence-electron chi connectivity index (χ4n) is 1.70. The van der Waals surface area contributed by atoms with E-state index in [-0.39, 0.29) is 0 Å². The van der Waals surface area contributed by atoms with Crippen LogP contribution >= 0.6 is 0 Å². The quantitative estimate of drug-likeness (QED) is 0.646. The van der Waals surface area contributed by atoms with Crippen LogP contribution in [-0.4, -0.2) is 13.1 Å². The molecule has 0 aromatic heterocycles. The number of nitrogens with zero attached hydrogens (tertiary/aromatic N) is 1. The summed E-state index contributed by atoms with van der Waals surface area (Å²) in [6.07, 6.45) is 2.19. The number of benzene rings is 1. The Kier molecular flexibility index (Phi) is 2.17. The molecule has 0 atom stereocenters. The molecular formula is C10H11F2N. The van der Waals surface area contributed by atoms with Gasteiger partial charge < -0.3 is 4.90 Å². The van der Waals surface area contributed by atoms with Crippen LogP contribution in [0.1, 0.15) is 12.8 Å². The van der Waals surface area contributed by atoms with Crippen LogP contribution < -0.4 is 4.90 Å². The molecule has 1 saturated heterocycles. The maximum Gasteiger partial charge on any atom is 0.149 e. The number of hydrogen-bond donors (Lipinski definition) is 0. The molecule has 1 aromatic rings. The van der Waals surface area contributed by atoms with Crippen molar-refractivity contribution in [3.8, 4) is 0 Å². The van der Waals surface area contributed by atoms with E-state index < -0.39 is 11.6 Å². The van der Waals surface area contributed by atoms with Gasteiger partial charge in [0.1, 0.15) is 11.6 Å². The zero-order valence-corrected chi connectivity index (χ0v) is 7.26. The molecule has 13 heavy (non-hydrogen) atoms. The first-order valence-corrected chi connectivity index (χ1v) is 4.47. The lowest BCUT2D eigenvalue weighted by molar-refractivity contribution is 0.581. The highest BCUT2D eigenvalue weighted by atomic mass is 19.1. The Morgan fingerprint density at radius 1 is 1.08 bits per heavy atom. The summed E-state index contributed by atoms with van der Waals surface area (Å²) in [4.78, 5) is 1.95. The van der Waals surface area contributed by atoms with E-state index in [1.165, 1.54) is 12.1 Å². The fraction of sp³-hybridized carbons (Fsp3) is 0.400. The van der Waals surface area contributed by atoms with Crippen LogP contribution in [0.25, 0.3) is 0 Å². The van der Waals surface area contributed by atoms with Gasteiger partial charge in [0.05, 0.1) is 5.69 Å². The smallest absolute Gasteiger partial charge is 0.149 e. The van der Waals surface area contributed by atoms with Crippen LogP contribution in [0.5, 0.6) is 0 Å². The predicted molar refractivity (Wildman–Crippen MR) is 47.8 cm³/mol. The molecule has 70 valence electrons. The van der Waals surface area contributed by atoms with Crippen molar-refractivity contribution >= 4 is 5.69 Å². The number of rotatable bonds is 1. The van der Waals surface area contributed by atoms with Gasteiger partial charge in [-0.05, 0) is 25.0 Å². The average molecular weight is 183 g/mol. The maximum atomic E-state index is 13.2. The van der Waals surface area contributed by atoms with Crippen molar-refractivity contribution in [1.29, 1.82) is 0 Å². The monoisotopic (exact) mass is 183 g/mol. The third-order valence-corrected chi connectivity index (χ3v) is 2.36. The number of anilines is 1. The lowest BCUT2D eigenvalue weighted by Gasteiger charge is -2.17. The molecular weight excluding hydrogens is 172 g/mol. The summed E-state index contributed by atoms with van der Waals surface area (Å²) in [5.41, 5.74) is 0.527. The van der Waals surface area contributed by atoms with Gasteiger partial charge in [-0.25, -0.2) is 8.78 Å². The Hall–Kier alpha value is -1.12. The van der Waals surface area contributed by atoms with Gasteiger partial charge in [0.25, 0.3) is 0 Å². The summed E-state index contributed by atoms with van der Waals surface area (Å²) in [5, 5.41) is 0. The minimum absolute atomic E-state index is 0.457. The summed E-state index contributed by atoms with van der Waals surface area (Å²) in [6.45, 7) is 1.76. The van der Waals surface area contributed by atoms with Gasteiger partial charge in [-0.2, -0.15) is 0 Å². The van der Waals surface area contributed by atoms with E-state index in [0.29, 0.717) is 5.69 Å². The topological polar surface area (TPSA) is 3.24 Å². The zero-order valence-electron chi connectivity index (χ0n) is 7.26. The van der Waals surface area contributed by atoms with E-state index >= 15 is 0 Å². The number of halogens is 2. The second-order valence-electron chi connectivity index (χ2n) is 3.29. The highest BCUT2D eigenvalue weighted by Gasteiger charge is 2.15. The zero-order chi connectivity index (χ0) is 9.26. The molecule has 3 heteroatoms. The molecule has 1 fully saturated rings. The molecule has 0 spiro atoms. The molecule has 0 unspecified atom stereocenters. The van der Waals surface area contributed by atoms with Crippen molar-refractivity contribution in [2.45, 2.75) is 12.8 Å². The second kappa shape index (κ2) is 3.32. The van der Waals surface area contributed by atoms with E-state index in [0.717, 1.165) is 32.0 Å². The Balaban J connectivity index is 2.29. The standard InChI is InChI=1S/C10H11F2N/c11-8-3-4-10(9(12)7-8)13-5-1-2-6-13/h3-4,7H,1-2,5-6H2. The van der Waals surface area contributed by atoms with E-state index in [1.807, 2.05) is 4.90 Å². The van der Waals surface area contributed by atoms with Gasteiger partial charge in [0.15, 0.2) is 0 Å². The van der Waals surface area contributed by atoms with Crippen LogP contribution in [0, 0.1) is 11.6 Å². The van der Waals surface area contributed by atoms with Gasteiger partial charge in [-0.1, -0.05) is 0 Å². The SMILES string of the molecule is Fc1ccc(N2CCCC2)c(F)c1. The summed E-state index contributed by atoms with van der Waals surface area (Å²) in [7, 11) is 0. The van der Waals surface area contributed by atoms with Crippen LogP contribution in [0.15, 0.2) is 18.2 Å². The molecule has 0 amide bonds. The van der Waals surface area contributed by atoms with Crippen molar-refractivity contribution in [1.82, 2.24) is 0 Å². The Bertz CT molecular complexity index is 306. The molecule has 0 saturated carbocycles. The van der Waals surface area contributed by atoms with E-state index in [9.17, 15) is 8.78 Å². The molecule has 0 bridgehead atoms. The Morgan fingerprint density at radius 2 is 1.77 bits per heavy atom. The van der Waals surface area contributed by atoms with Gasteiger partial charge in [0.2, 0.25) is 0 Å². The van der Waals surface area contributed by atoms with Gasteiger partial charge in [0, 0.05) is 19.2 Å². The maximum absolute atomic E-state index is 13.2. The largest absolute Gasteiger partial charge is 0.369 e. The average Bonchev–Trinajstić information content (AvgIpc) is 2.56. The van der Waals surface area contributed by atoms with Crippen LogP contribution in [0.2, 0.25) is 0 Å². The molecule has 1 aromatic carbocycles. The highest BCUT2D eigenvalue weighted by Crippen LogP contribution is 2.23. The first-order valence-electron chi connectivity index (χ1n) is 4.47. The van der Waals surface area contributed by atoms with Crippen LogP contribution in [0.4, 0.5) is 14.5 Å². The lowest BCUT2D eigenvalue weighted by atomic mass is 10.3. The minimum atomic E-state index is -0.513. The first-order chi connectivity index (χ1) is 6.27. The van der Waals surface area contributed by atoms with Crippen molar-refractivity contribution in [2.75, 3.05) is 18.0 Å². The molecule has 1 aliphatic heterocycles. The Morgan fingerprint density at radius 3 is 2.38 bits per heavy atom. The van der Waals surface area contributed by atoms with Crippen LogP contribution in [0.3, 0.4) is 0 Å². The molecule has 1 heterocycles. The molecule has 0 radical (unpaired) electrons. The van der Waals surface area contributed by atoms with Gasteiger partial charge in [-0.3, -0.25) is 0 Å². The van der Waals surface area contributed by atoms with E-state index in [2.05, 4.69) is 0 Å². The summed E-state index contributed by atoms with van der Waals surface area (Å²) in [6, 6.07) is 3.75. The van der Waals surface area contributed by atoms with Crippen LogP contribution in [-0.2, 0) is 0 Å². The van der Waals surface area contributed by atoms with E-state index in [4.69, 9.17) is 0 Å². The highest BCUT2D eigenvalue weighted by molar-refractivity contribution is 5.48. The first kappa shape index (κ1) is 8.48. The van der Waals surface area contributed by atoms with Crippen molar-refractivity contribution < 1.29 is 8.78 Å². The molecule has 1 aliphatic rings. The summed E-state index contributed by atoms with van der Waals surface area (Å²) >= 11 is 0. The molecule has 2 rings (SSSR count). The summed E-state index contributed by atoms with van der Waals surface area (Å²) in [5.74, 6) is -0.970. The summed E-state index contributed by atoms with van der Waals surface area (Å²) < 4.78 is 25.8. The number of hydrogen-bond acceptors (Lipinski definition) is 1. The van der Waals surface area contributed by atoms with Crippen molar-refractivity contribution in [3.05, 3.63) is 29.8 Å². The second-order valence-corrected chi connectivity index (χ2v) is 3.29. The Labute approximate surface area is 76.0 Å². The van der Waals surface area contributed by atoms with Gasteiger partial charge in [-0.15, -0.1) is 0 Å². The van der Waals surface area contributed by atoms with Crippen molar-refractivity contribution in [2.24, 2.45) is 0 Å². The van der Waals surface area contributed by atoms with Crippen molar-refractivity contribution in [3.63, 3.8) is 0 Å². The fourth-order valence-corrected chi connectivity index (χ4v) is 1.70. The lowest BCUT2D eigenvalue weighted by Crippen LogP contribution is -2.18. The molecule has 0 aliphatic carbocycles. The molecule has 1 nitrogen and oxygen atoms in total. The third-order valence-electron chi connectivity index (χ3n) is 2.36. The third kappa shape index (κ3) is 1.64. The molecule has 0 N–H and O–H groups in total. The van der Waals surface area contributed by atoms with E-state index in [1.54, 1.807) is 0 Å². The predicted octanol–water partition coefficient (Wildman–Crippen LogP) is 2.57. The minimum Gasteiger partial charge on any atom is -0.369 e.